The highest BCUT2D eigenvalue weighted by atomic mass is 35.5. The topological polar surface area (TPSA) is 61.4 Å². The molecule has 1 saturated heterocycles. The Kier molecular flexibility index (Phi) is 6.60. The third-order valence-electron chi connectivity index (χ3n) is 5.25. The lowest BCUT2D eigenvalue weighted by Crippen LogP contribution is -2.34. The van der Waals surface area contributed by atoms with Crippen LogP contribution in [-0.2, 0) is 22.6 Å². The molecule has 2 amide bonds. The molecule has 0 atom stereocenters. The van der Waals surface area contributed by atoms with E-state index in [-0.39, 0.29) is 30.1 Å². The van der Waals surface area contributed by atoms with Crippen LogP contribution in [0.4, 0.5) is 11.4 Å². The standard InChI is InChI=1S/C21H22ClN3O2.ClH/c22-17-4-3-16-11-20(26)25(19(16)12-17)13-14-1-5-18(6-2-14)24-21(27)15-7-9-23-10-8-15;/h1-6,12,15,23H,7-11,13H2,(H,24,27);1H. The number of anilines is 2. The summed E-state index contributed by atoms with van der Waals surface area (Å²) in [7, 11) is 0. The molecule has 0 spiro atoms. The molecule has 2 aliphatic heterocycles. The molecule has 0 aromatic heterocycles. The summed E-state index contributed by atoms with van der Waals surface area (Å²) >= 11 is 6.09. The summed E-state index contributed by atoms with van der Waals surface area (Å²) in [6.07, 6.45) is 2.17. The number of fused-ring (bicyclic) bond motifs is 1. The van der Waals surface area contributed by atoms with Crippen LogP contribution in [0.25, 0.3) is 0 Å². The van der Waals surface area contributed by atoms with Gasteiger partial charge in [0.1, 0.15) is 0 Å². The van der Waals surface area contributed by atoms with Crippen molar-refractivity contribution in [1.82, 2.24) is 5.32 Å². The van der Waals surface area contributed by atoms with E-state index >= 15 is 0 Å². The van der Waals surface area contributed by atoms with Crippen molar-refractivity contribution in [1.29, 1.82) is 0 Å². The van der Waals surface area contributed by atoms with Gasteiger partial charge in [-0.1, -0.05) is 29.8 Å². The maximum absolute atomic E-state index is 12.4. The number of hydrogen-bond donors (Lipinski definition) is 2. The fourth-order valence-electron chi connectivity index (χ4n) is 3.71. The molecular weight excluding hydrogens is 397 g/mol. The Balaban J connectivity index is 0.00000225. The number of nitrogens with zero attached hydrogens (tertiary/aromatic N) is 1. The number of rotatable bonds is 4. The van der Waals surface area contributed by atoms with Gasteiger partial charge in [0, 0.05) is 22.3 Å². The first-order chi connectivity index (χ1) is 13.1. The number of carbonyl (C=O) groups excluding carboxylic acids is 2. The lowest BCUT2D eigenvalue weighted by atomic mass is 9.97. The van der Waals surface area contributed by atoms with Crippen LogP contribution in [0, 0.1) is 5.92 Å². The molecule has 2 aromatic carbocycles. The van der Waals surface area contributed by atoms with Crippen LogP contribution in [0.15, 0.2) is 42.5 Å². The summed E-state index contributed by atoms with van der Waals surface area (Å²) < 4.78 is 0. The van der Waals surface area contributed by atoms with Gasteiger partial charge in [0.2, 0.25) is 11.8 Å². The fraction of sp³-hybridized carbons (Fsp3) is 0.333. The molecule has 2 N–H and O–H groups in total. The van der Waals surface area contributed by atoms with E-state index in [2.05, 4.69) is 10.6 Å². The number of hydrogen-bond acceptors (Lipinski definition) is 3. The average Bonchev–Trinajstić information content (AvgIpc) is 2.99. The Bertz CT molecular complexity index is 864. The Morgan fingerprint density at radius 3 is 2.57 bits per heavy atom. The van der Waals surface area contributed by atoms with Crippen molar-refractivity contribution in [2.45, 2.75) is 25.8 Å². The van der Waals surface area contributed by atoms with E-state index in [0.29, 0.717) is 18.0 Å². The number of piperidine rings is 1. The predicted octanol–water partition coefficient (Wildman–Crippen LogP) is 3.79. The fourth-order valence-corrected chi connectivity index (χ4v) is 3.87. The molecule has 28 heavy (non-hydrogen) atoms. The van der Waals surface area contributed by atoms with Crippen LogP contribution < -0.4 is 15.5 Å². The van der Waals surface area contributed by atoms with Crippen molar-refractivity contribution in [3.8, 4) is 0 Å². The Morgan fingerprint density at radius 1 is 1.14 bits per heavy atom. The van der Waals surface area contributed by atoms with Crippen molar-refractivity contribution in [2.24, 2.45) is 5.92 Å². The Hall–Kier alpha value is -2.08. The van der Waals surface area contributed by atoms with Gasteiger partial charge in [-0.05, 0) is 61.3 Å². The number of benzene rings is 2. The maximum atomic E-state index is 12.4. The van der Waals surface area contributed by atoms with Crippen molar-refractivity contribution >= 4 is 47.2 Å². The van der Waals surface area contributed by atoms with Gasteiger partial charge in [-0.2, -0.15) is 0 Å². The molecule has 0 radical (unpaired) electrons. The Labute approximate surface area is 175 Å². The largest absolute Gasteiger partial charge is 0.326 e. The zero-order valence-corrected chi connectivity index (χ0v) is 17.0. The average molecular weight is 420 g/mol. The summed E-state index contributed by atoms with van der Waals surface area (Å²) in [6.45, 7) is 2.29. The van der Waals surface area contributed by atoms with E-state index in [1.807, 2.05) is 42.5 Å². The van der Waals surface area contributed by atoms with E-state index < -0.39 is 0 Å². The monoisotopic (exact) mass is 419 g/mol. The lowest BCUT2D eigenvalue weighted by molar-refractivity contribution is -0.120. The SMILES string of the molecule is Cl.O=C(Nc1ccc(CN2C(=O)Cc3ccc(Cl)cc32)cc1)C1CCNCC1. The summed E-state index contributed by atoms with van der Waals surface area (Å²) in [5, 5.41) is 6.90. The van der Waals surface area contributed by atoms with Crippen molar-refractivity contribution in [3.63, 3.8) is 0 Å². The van der Waals surface area contributed by atoms with Crippen LogP contribution in [0.2, 0.25) is 5.02 Å². The van der Waals surface area contributed by atoms with E-state index in [4.69, 9.17) is 11.6 Å². The van der Waals surface area contributed by atoms with Gasteiger partial charge in [0.25, 0.3) is 0 Å². The minimum atomic E-state index is 0. The third-order valence-corrected chi connectivity index (χ3v) is 5.49. The van der Waals surface area contributed by atoms with Gasteiger partial charge in [0.05, 0.1) is 13.0 Å². The molecule has 2 aliphatic rings. The van der Waals surface area contributed by atoms with Gasteiger partial charge < -0.3 is 15.5 Å². The summed E-state index contributed by atoms with van der Waals surface area (Å²) in [4.78, 5) is 26.5. The summed E-state index contributed by atoms with van der Waals surface area (Å²) in [5.41, 5.74) is 3.69. The van der Waals surface area contributed by atoms with Crippen LogP contribution in [0.1, 0.15) is 24.0 Å². The van der Waals surface area contributed by atoms with E-state index in [9.17, 15) is 9.59 Å². The van der Waals surface area contributed by atoms with Crippen LogP contribution in [0.3, 0.4) is 0 Å². The molecule has 0 saturated carbocycles. The molecule has 5 nitrogen and oxygen atoms in total. The highest BCUT2D eigenvalue weighted by Gasteiger charge is 2.27. The lowest BCUT2D eigenvalue weighted by Gasteiger charge is -2.22. The van der Waals surface area contributed by atoms with Gasteiger partial charge in [-0.25, -0.2) is 0 Å². The van der Waals surface area contributed by atoms with Crippen LogP contribution in [-0.4, -0.2) is 24.9 Å². The molecule has 1 fully saturated rings. The maximum Gasteiger partial charge on any atom is 0.231 e. The molecule has 4 rings (SSSR count). The van der Waals surface area contributed by atoms with Crippen molar-refractivity contribution < 1.29 is 9.59 Å². The smallest absolute Gasteiger partial charge is 0.231 e. The highest BCUT2D eigenvalue weighted by molar-refractivity contribution is 6.31. The van der Waals surface area contributed by atoms with E-state index in [1.165, 1.54) is 0 Å². The number of halogens is 2. The second kappa shape index (κ2) is 8.95. The molecule has 148 valence electrons. The summed E-state index contributed by atoms with van der Waals surface area (Å²) in [6, 6.07) is 13.3. The molecule has 2 aromatic rings. The van der Waals surface area contributed by atoms with Crippen LogP contribution >= 0.6 is 24.0 Å². The zero-order valence-electron chi connectivity index (χ0n) is 15.4. The van der Waals surface area contributed by atoms with E-state index in [1.54, 1.807) is 4.90 Å². The zero-order chi connectivity index (χ0) is 18.8. The van der Waals surface area contributed by atoms with Gasteiger partial charge >= 0.3 is 0 Å². The first kappa shape index (κ1) is 20.6. The van der Waals surface area contributed by atoms with Gasteiger partial charge in [-0.15, -0.1) is 12.4 Å². The number of nitrogens with one attached hydrogen (secondary N) is 2. The van der Waals surface area contributed by atoms with Gasteiger partial charge in [-0.3, -0.25) is 9.59 Å². The van der Waals surface area contributed by atoms with Crippen LogP contribution in [0.5, 0.6) is 0 Å². The molecule has 0 aliphatic carbocycles. The number of amides is 2. The second-order valence-electron chi connectivity index (χ2n) is 7.14. The Morgan fingerprint density at radius 2 is 1.86 bits per heavy atom. The molecule has 7 heteroatoms. The van der Waals surface area contributed by atoms with E-state index in [0.717, 1.165) is 48.4 Å². The molecule has 2 heterocycles. The molecule has 0 unspecified atom stereocenters. The highest BCUT2D eigenvalue weighted by Crippen LogP contribution is 2.32. The summed E-state index contributed by atoms with van der Waals surface area (Å²) in [5.74, 6) is 0.243. The third kappa shape index (κ3) is 4.49. The van der Waals surface area contributed by atoms with Crippen molar-refractivity contribution in [3.05, 3.63) is 58.6 Å². The number of carbonyl (C=O) groups is 2. The second-order valence-corrected chi connectivity index (χ2v) is 7.58. The first-order valence-corrected chi connectivity index (χ1v) is 9.67. The van der Waals surface area contributed by atoms with Gasteiger partial charge in [0.15, 0.2) is 0 Å². The van der Waals surface area contributed by atoms with Crippen molar-refractivity contribution in [2.75, 3.05) is 23.3 Å². The minimum absolute atomic E-state index is 0. The first-order valence-electron chi connectivity index (χ1n) is 9.29. The predicted molar refractivity (Wildman–Crippen MR) is 114 cm³/mol. The normalized spacial score (nSPS) is 16.5. The molecular formula is C21H23Cl2N3O2. The quantitative estimate of drug-likeness (QED) is 0.792. The molecule has 0 bridgehead atoms. The minimum Gasteiger partial charge on any atom is -0.326 e.